The van der Waals surface area contributed by atoms with Crippen LogP contribution in [0.2, 0.25) is 0 Å². The van der Waals surface area contributed by atoms with Crippen molar-refractivity contribution in [1.82, 2.24) is 14.5 Å². The van der Waals surface area contributed by atoms with Gasteiger partial charge in [0.1, 0.15) is 6.26 Å². The average molecular weight is 351 g/mol. The Morgan fingerprint density at radius 2 is 2.04 bits per heavy atom. The van der Waals surface area contributed by atoms with E-state index in [0.29, 0.717) is 42.3 Å². The molecule has 2 aromatic rings. The van der Waals surface area contributed by atoms with Crippen molar-refractivity contribution in [2.75, 3.05) is 13.1 Å². The van der Waals surface area contributed by atoms with Gasteiger partial charge in [-0.25, -0.2) is 8.42 Å². The number of hydrogen-bond donors (Lipinski definition) is 0. The molecule has 24 heavy (non-hydrogen) atoms. The number of rotatable bonds is 4. The summed E-state index contributed by atoms with van der Waals surface area (Å²) in [6.07, 6.45) is 6.63. The highest BCUT2D eigenvalue weighted by Crippen LogP contribution is 2.37. The number of sulfonamides is 1. The van der Waals surface area contributed by atoms with Gasteiger partial charge >= 0.3 is 0 Å². The van der Waals surface area contributed by atoms with Gasteiger partial charge in [-0.2, -0.15) is 4.31 Å². The fourth-order valence-corrected chi connectivity index (χ4v) is 4.75. The fraction of sp³-hybridized carbons (Fsp3) is 0.625. The SMILES string of the molecule is C[C@H]1CCCN(S(=O)(=O)c2cc(-c3nnc(C4CCC4)o3)co2)C1. The maximum atomic E-state index is 12.7. The third kappa shape index (κ3) is 2.77. The lowest BCUT2D eigenvalue weighted by Crippen LogP contribution is -2.38. The van der Waals surface area contributed by atoms with E-state index in [4.69, 9.17) is 8.83 Å². The predicted octanol–water partition coefficient (Wildman–Crippen LogP) is 3.02. The maximum absolute atomic E-state index is 12.7. The second-order valence-electron chi connectivity index (χ2n) is 6.84. The molecule has 1 aliphatic heterocycles. The van der Waals surface area contributed by atoms with Crippen molar-refractivity contribution in [3.05, 3.63) is 18.2 Å². The minimum absolute atomic E-state index is 0.0602. The lowest BCUT2D eigenvalue weighted by Gasteiger charge is -2.28. The maximum Gasteiger partial charge on any atom is 0.276 e. The van der Waals surface area contributed by atoms with Gasteiger partial charge < -0.3 is 8.83 Å². The van der Waals surface area contributed by atoms with Gasteiger partial charge in [0.2, 0.25) is 11.0 Å². The van der Waals surface area contributed by atoms with Gasteiger partial charge in [-0.3, -0.25) is 0 Å². The highest BCUT2D eigenvalue weighted by Gasteiger charge is 2.32. The number of furan rings is 1. The van der Waals surface area contributed by atoms with Crippen molar-refractivity contribution in [1.29, 1.82) is 0 Å². The highest BCUT2D eigenvalue weighted by molar-refractivity contribution is 7.89. The van der Waals surface area contributed by atoms with Gasteiger partial charge in [0.25, 0.3) is 15.9 Å². The summed E-state index contributed by atoms with van der Waals surface area (Å²) in [5.41, 5.74) is 0.511. The van der Waals surface area contributed by atoms with Crippen LogP contribution in [0.25, 0.3) is 11.5 Å². The number of hydrogen-bond acceptors (Lipinski definition) is 6. The number of piperidine rings is 1. The first-order valence-corrected chi connectivity index (χ1v) is 9.90. The van der Waals surface area contributed by atoms with E-state index in [2.05, 4.69) is 17.1 Å². The molecule has 0 spiro atoms. The van der Waals surface area contributed by atoms with Gasteiger partial charge in [0, 0.05) is 25.1 Å². The molecule has 1 atom stereocenters. The molecule has 1 saturated heterocycles. The van der Waals surface area contributed by atoms with Crippen LogP contribution < -0.4 is 0 Å². The van der Waals surface area contributed by atoms with E-state index in [1.165, 1.54) is 23.1 Å². The standard InChI is InChI=1S/C16H21N3O4S/c1-11-4-3-7-19(9-11)24(20,21)14-8-13(10-22-14)16-18-17-15(23-16)12-5-2-6-12/h8,10-12H,2-7,9H2,1H3/t11-/m0/s1. The van der Waals surface area contributed by atoms with Gasteiger partial charge in [-0.05, 0) is 31.6 Å². The summed E-state index contributed by atoms with van der Waals surface area (Å²) in [7, 11) is -3.61. The van der Waals surface area contributed by atoms with E-state index in [9.17, 15) is 8.42 Å². The second-order valence-corrected chi connectivity index (χ2v) is 8.71. The topological polar surface area (TPSA) is 89.4 Å². The van der Waals surface area contributed by atoms with Crippen molar-refractivity contribution in [2.24, 2.45) is 5.92 Å². The van der Waals surface area contributed by atoms with Gasteiger partial charge in [0.15, 0.2) is 0 Å². The lowest BCUT2D eigenvalue weighted by atomic mass is 9.85. The van der Waals surface area contributed by atoms with E-state index < -0.39 is 10.0 Å². The molecule has 7 nitrogen and oxygen atoms in total. The molecule has 130 valence electrons. The summed E-state index contributed by atoms with van der Waals surface area (Å²) >= 11 is 0. The molecular formula is C16H21N3O4S. The van der Waals surface area contributed by atoms with Crippen molar-refractivity contribution >= 4 is 10.0 Å². The summed E-state index contributed by atoms with van der Waals surface area (Å²) in [6, 6.07) is 1.48. The smallest absolute Gasteiger partial charge is 0.276 e. The number of aromatic nitrogens is 2. The van der Waals surface area contributed by atoms with Crippen LogP contribution in [0.1, 0.15) is 50.8 Å². The van der Waals surface area contributed by atoms with E-state index in [-0.39, 0.29) is 5.09 Å². The Kier molecular flexibility index (Phi) is 3.96. The van der Waals surface area contributed by atoms with Crippen molar-refractivity contribution in [3.63, 3.8) is 0 Å². The Bertz CT molecular complexity index is 822. The van der Waals surface area contributed by atoms with Crippen LogP contribution in [0.3, 0.4) is 0 Å². The molecule has 2 fully saturated rings. The average Bonchev–Trinajstić information content (AvgIpc) is 3.14. The molecule has 0 radical (unpaired) electrons. The molecule has 3 heterocycles. The second kappa shape index (κ2) is 6.00. The van der Waals surface area contributed by atoms with Crippen LogP contribution >= 0.6 is 0 Å². The first-order chi connectivity index (χ1) is 11.5. The monoisotopic (exact) mass is 351 g/mol. The normalized spacial score (nSPS) is 23.3. The zero-order valence-corrected chi connectivity index (χ0v) is 14.5. The summed E-state index contributed by atoms with van der Waals surface area (Å²) in [4.78, 5) is 0. The Hall–Kier alpha value is -1.67. The Morgan fingerprint density at radius 1 is 1.21 bits per heavy atom. The molecule has 2 aliphatic rings. The highest BCUT2D eigenvalue weighted by atomic mass is 32.2. The van der Waals surface area contributed by atoms with Crippen LogP contribution in [-0.4, -0.2) is 36.0 Å². The Labute approximate surface area is 141 Å². The molecule has 1 aliphatic carbocycles. The Morgan fingerprint density at radius 3 is 2.75 bits per heavy atom. The van der Waals surface area contributed by atoms with Crippen LogP contribution in [0, 0.1) is 5.92 Å². The molecule has 8 heteroatoms. The molecule has 0 unspecified atom stereocenters. The third-order valence-corrected chi connectivity index (χ3v) is 6.67. The first kappa shape index (κ1) is 15.8. The van der Waals surface area contributed by atoms with Crippen LogP contribution in [0.5, 0.6) is 0 Å². The minimum atomic E-state index is -3.61. The Balaban J connectivity index is 1.56. The van der Waals surface area contributed by atoms with Crippen LogP contribution in [0.15, 0.2) is 26.3 Å². The summed E-state index contributed by atoms with van der Waals surface area (Å²) in [6.45, 7) is 3.13. The molecule has 2 aromatic heterocycles. The molecular weight excluding hydrogens is 330 g/mol. The van der Waals surface area contributed by atoms with Crippen molar-refractivity contribution < 1.29 is 17.3 Å². The quantitative estimate of drug-likeness (QED) is 0.841. The molecule has 0 bridgehead atoms. The summed E-state index contributed by atoms with van der Waals surface area (Å²) in [5.74, 6) is 1.65. The molecule has 0 aromatic carbocycles. The van der Waals surface area contributed by atoms with Crippen molar-refractivity contribution in [2.45, 2.75) is 50.0 Å². The first-order valence-electron chi connectivity index (χ1n) is 8.46. The van der Waals surface area contributed by atoms with Crippen LogP contribution in [0.4, 0.5) is 0 Å². The largest absolute Gasteiger partial charge is 0.451 e. The fourth-order valence-electron chi connectivity index (χ4n) is 3.23. The van der Waals surface area contributed by atoms with E-state index >= 15 is 0 Å². The van der Waals surface area contributed by atoms with E-state index in [1.54, 1.807) is 0 Å². The summed E-state index contributed by atoms with van der Waals surface area (Å²) < 4.78 is 37.9. The van der Waals surface area contributed by atoms with Crippen molar-refractivity contribution in [3.8, 4) is 11.5 Å². The van der Waals surface area contributed by atoms with Gasteiger partial charge in [0.05, 0.1) is 5.56 Å². The van der Waals surface area contributed by atoms with Gasteiger partial charge in [-0.1, -0.05) is 13.3 Å². The summed E-state index contributed by atoms with van der Waals surface area (Å²) in [5, 5.41) is 8.03. The molecule has 1 saturated carbocycles. The zero-order chi connectivity index (χ0) is 16.7. The predicted molar refractivity (Wildman–Crippen MR) is 85.7 cm³/mol. The third-order valence-electron chi connectivity index (χ3n) is 4.93. The lowest BCUT2D eigenvalue weighted by molar-refractivity contribution is 0.274. The molecule has 0 amide bonds. The van der Waals surface area contributed by atoms with E-state index in [1.807, 2.05) is 0 Å². The van der Waals surface area contributed by atoms with Gasteiger partial charge in [-0.15, -0.1) is 10.2 Å². The van der Waals surface area contributed by atoms with Crippen LogP contribution in [-0.2, 0) is 10.0 Å². The molecule has 4 rings (SSSR count). The number of nitrogens with zero attached hydrogens (tertiary/aromatic N) is 3. The zero-order valence-electron chi connectivity index (χ0n) is 13.6. The minimum Gasteiger partial charge on any atom is -0.451 e. The van der Waals surface area contributed by atoms with E-state index in [0.717, 1.165) is 25.7 Å². The molecule has 0 N–H and O–H groups in total.